The van der Waals surface area contributed by atoms with Gasteiger partial charge in [-0.15, -0.1) is 0 Å². The van der Waals surface area contributed by atoms with Gasteiger partial charge in [0, 0.05) is 27.8 Å². The van der Waals surface area contributed by atoms with E-state index in [1.807, 2.05) is 12.1 Å². The maximum absolute atomic E-state index is 12.5. The number of pyridine rings is 1. The summed E-state index contributed by atoms with van der Waals surface area (Å²) in [4.78, 5) is 26.2. The van der Waals surface area contributed by atoms with Crippen LogP contribution in [0, 0.1) is 12.3 Å². The lowest BCUT2D eigenvalue weighted by atomic mass is 9.88. The average Bonchev–Trinajstić information content (AvgIpc) is 3.22. The van der Waals surface area contributed by atoms with Crippen molar-refractivity contribution in [2.24, 2.45) is 5.41 Å². The molecule has 1 aromatic heterocycles. The summed E-state index contributed by atoms with van der Waals surface area (Å²) in [5, 5.41) is 35.2. The maximum atomic E-state index is 12.5. The lowest BCUT2D eigenvalue weighted by Gasteiger charge is -2.33. The van der Waals surface area contributed by atoms with E-state index in [1.165, 1.54) is 13.8 Å². The lowest BCUT2D eigenvalue weighted by Crippen LogP contribution is -2.44. The van der Waals surface area contributed by atoms with Crippen LogP contribution in [0.4, 0.5) is 4.79 Å². The van der Waals surface area contributed by atoms with E-state index >= 15 is 0 Å². The molecule has 0 unspecified atom stereocenters. The summed E-state index contributed by atoms with van der Waals surface area (Å²) < 4.78 is 16.5. The standard InChI is InChI=1S/C21H26ClN3O10/c1-12-18(16-9-31-19(15(16)8-23-12)13-4-6-14(22)7-5-13)34-20(26)32-10-17(35-25(29)30)21(2,3)11-33-24(27)28/h4-8,17,19,27-30H,9-11H2,1-3H3/t17-,19-/m0/s1. The van der Waals surface area contributed by atoms with Crippen LogP contribution in [0.2, 0.25) is 5.02 Å². The van der Waals surface area contributed by atoms with E-state index in [0.29, 0.717) is 16.3 Å². The van der Waals surface area contributed by atoms with E-state index in [4.69, 9.17) is 51.5 Å². The molecule has 192 valence electrons. The summed E-state index contributed by atoms with van der Waals surface area (Å²) in [5.41, 5.74) is 1.57. The number of hydrogen-bond donors (Lipinski definition) is 4. The van der Waals surface area contributed by atoms with Gasteiger partial charge in [-0.1, -0.05) is 37.6 Å². The number of carbonyl (C=O) groups excluding carboxylic acids is 1. The van der Waals surface area contributed by atoms with Crippen LogP contribution in [0.15, 0.2) is 30.5 Å². The second kappa shape index (κ2) is 11.5. The fourth-order valence-corrected chi connectivity index (χ4v) is 3.54. The van der Waals surface area contributed by atoms with Crippen LogP contribution in [0.25, 0.3) is 0 Å². The van der Waals surface area contributed by atoms with Gasteiger partial charge in [-0.25, -0.2) is 9.63 Å². The van der Waals surface area contributed by atoms with Gasteiger partial charge in [-0.3, -0.25) is 30.7 Å². The van der Waals surface area contributed by atoms with Crippen LogP contribution in [0.3, 0.4) is 0 Å². The summed E-state index contributed by atoms with van der Waals surface area (Å²) in [6.07, 6.45) is -1.05. The fraction of sp³-hybridized carbons (Fsp3) is 0.429. The normalized spacial score (nSPS) is 16.5. The van der Waals surface area contributed by atoms with E-state index in [9.17, 15) is 4.79 Å². The number of halogens is 1. The topological polar surface area (TPSA) is 164 Å². The highest BCUT2D eigenvalue weighted by molar-refractivity contribution is 6.30. The maximum Gasteiger partial charge on any atom is 0.514 e. The van der Waals surface area contributed by atoms with Crippen molar-refractivity contribution in [1.29, 1.82) is 0 Å². The van der Waals surface area contributed by atoms with E-state index in [2.05, 4.69) is 9.82 Å². The van der Waals surface area contributed by atoms with Crippen molar-refractivity contribution < 1.29 is 49.5 Å². The van der Waals surface area contributed by atoms with Gasteiger partial charge in [0.2, 0.25) is 0 Å². The van der Waals surface area contributed by atoms with E-state index in [0.717, 1.165) is 11.1 Å². The number of carbonyl (C=O) groups is 1. The zero-order valence-electron chi connectivity index (χ0n) is 19.1. The first kappa shape index (κ1) is 27.2. The number of aromatic nitrogens is 1. The van der Waals surface area contributed by atoms with Crippen LogP contribution < -0.4 is 4.74 Å². The zero-order chi connectivity index (χ0) is 25.8. The molecular weight excluding hydrogens is 490 g/mol. The van der Waals surface area contributed by atoms with Gasteiger partial charge in [0.1, 0.15) is 18.8 Å². The minimum absolute atomic E-state index is 0.174. The van der Waals surface area contributed by atoms with Crippen molar-refractivity contribution >= 4 is 17.8 Å². The molecule has 2 aromatic rings. The highest BCUT2D eigenvalue weighted by atomic mass is 35.5. The van der Waals surface area contributed by atoms with Crippen LogP contribution in [-0.4, -0.2) is 62.1 Å². The molecule has 0 radical (unpaired) electrons. The highest BCUT2D eigenvalue weighted by Gasteiger charge is 2.36. The Bertz CT molecular complexity index is 1020. The predicted octanol–water partition coefficient (Wildman–Crippen LogP) is 3.60. The first-order valence-electron chi connectivity index (χ1n) is 10.3. The molecule has 1 aromatic carbocycles. The summed E-state index contributed by atoms with van der Waals surface area (Å²) in [7, 11) is 0. The van der Waals surface area contributed by atoms with Crippen LogP contribution in [-0.2, 0) is 25.8 Å². The molecule has 3 rings (SSSR count). The molecule has 2 heterocycles. The minimum Gasteiger partial charge on any atom is -0.431 e. The first-order chi connectivity index (χ1) is 16.5. The van der Waals surface area contributed by atoms with E-state index in [1.54, 1.807) is 25.3 Å². The number of rotatable bonds is 10. The van der Waals surface area contributed by atoms with E-state index in [-0.39, 0.29) is 19.0 Å². The monoisotopic (exact) mass is 515 g/mol. The van der Waals surface area contributed by atoms with Crippen molar-refractivity contribution in [2.75, 3.05) is 13.2 Å². The summed E-state index contributed by atoms with van der Waals surface area (Å²) in [6.45, 7) is 4.05. The van der Waals surface area contributed by atoms with Gasteiger partial charge in [-0.2, -0.15) is 0 Å². The third kappa shape index (κ3) is 7.05. The zero-order valence-corrected chi connectivity index (χ0v) is 19.9. The van der Waals surface area contributed by atoms with Gasteiger partial charge in [-0.05, 0) is 24.6 Å². The number of ether oxygens (including phenoxy) is 3. The molecule has 0 fully saturated rings. The molecule has 4 N–H and O–H groups in total. The highest BCUT2D eigenvalue weighted by Crippen LogP contribution is 2.41. The molecule has 0 amide bonds. The van der Waals surface area contributed by atoms with Crippen molar-refractivity contribution in [2.45, 2.75) is 39.6 Å². The Balaban J connectivity index is 1.71. The largest absolute Gasteiger partial charge is 0.514 e. The Morgan fingerprint density at radius 3 is 2.54 bits per heavy atom. The Labute approximate surface area is 205 Å². The molecule has 2 atom stereocenters. The Kier molecular flexibility index (Phi) is 8.95. The molecule has 35 heavy (non-hydrogen) atoms. The van der Waals surface area contributed by atoms with Crippen molar-refractivity contribution in [1.82, 2.24) is 15.8 Å². The van der Waals surface area contributed by atoms with Crippen LogP contribution in [0.5, 0.6) is 5.75 Å². The number of hydrogen-bond acceptors (Lipinski definition) is 13. The second-order valence-corrected chi connectivity index (χ2v) is 8.81. The van der Waals surface area contributed by atoms with Gasteiger partial charge >= 0.3 is 6.16 Å². The third-order valence-corrected chi connectivity index (χ3v) is 5.63. The number of aryl methyl sites for hydroxylation is 1. The SMILES string of the molecule is Cc1ncc2c(c1OC(=O)OC[C@H](ON(O)O)C(C)(C)CON(O)O)CO[C@H]2c1ccc(Cl)cc1. The molecule has 14 heteroatoms. The number of fused-ring (bicyclic) bond motifs is 1. The van der Waals surface area contributed by atoms with Gasteiger partial charge in [0.05, 0.1) is 29.7 Å². The molecule has 0 aliphatic carbocycles. The summed E-state index contributed by atoms with van der Waals surface area (Å²) in [6, 6.07) is 7.16. The van der Waals surface area contributed by atoms with Crippen molar-refractivity contribution in [3.05, 3.63) is 57.9 Å². The van der Waals surface area contributed by atoms with Crippen LogP contribution >= 0.6 is 11.6 Å². The molecule has 0 bridgehead atoms. The quantitative estimate of drug-likeness (QED) is 0.268. The Hall–Kier alpha value is -2.43. The van der Waals surface area contributed by atoms with Gasteiger partial charge in [0.15, 0.2) is 5.75 Å². The number of nitrogens with zero attached hydrogens (tertiary/aromatic N) is 3. The van der Waals surface area contributed by atoms with Gasteiger partial charge in [0.25, 0.3) is 0 Å². The first-order valence-corrected chi connectivity index (χ1v) is 10.7. The predicted molar refractivity (Wildman–Crippen MR) is 114 cm³/mol. The molecular formula is C21H26ClN3O10. The third-order valence-electron chi connectivity index (χ3n) is 5.38. The van der Waals surface area contributed by atoms with Crippen LogP contribution in [0.1, 0.15) is 42.3 Å². The molecule has 0 spiro atoms. The Morgan fingerprint density at radius 2 is 1.91 bits per heavy atom. The fourth-order valence-electron chi connectivity index (χ4n) is 3.42. The average molecular weight is 516 g/mol. The molecule has 1 aliphatic heterocycles. The molecule has 0 saturated heterocycles. The number of benzene rings is 1. The summed E-state index contributed by atoms with van der Waals surface area (Å²) >= 11 is 5.97. The minimum atomic E-state index is -1.19. The van der Waals surface area contributed by atoms with Crippen molar-refractivity contribution in [3.8, 4) is 5.75 Å². The molecule has 1 aliphatic rings. The molecule has 13 nitrogen and oxygen atoms in total. The van der Waals surface area contributed by atoms with Gasteiger partial charge < -0.3 is 14.2 Å². The smallest absolute Gasteiger partial charge is 0.431 e. The molecule has 0 saturated carbocycles. The Morgan fingerprint density at radius 1 is 1.23 bits per heavy atom. The van der Waals surface area contributed by atoms with Crippen molar-refractivity contribution in [3.63, 3.8) is 0 Å². The summed E-state index contributed by atoms with van der Waals surface area (Å²) in [5.74, 6) is 0.186. The van der Waals surface area contributed by atoms with E-state index < -0.39 is 41.2 Å². The second-order valence-electron chi connectivity index (χ2n) is 8.37. The lowest BCUT2D eigenvalue weighted by molar-refractivity contribution is -0.521.